The van der Waals surface area contributed by atoms with Gasteiger partial charge in [-0.3, -0.25) is 0 Å². The molecule has 1 nitrogen and oxygen atoms in total. The molecule has 0 aromatic heterocycles. The van der Waals surface area contributed by atoms with Crippen LogP contribution in [-0.4, -0.2) is 24.5 Å². The predicted molar refractivity (Wildman–Crippen MR) is 84.0 cm³/mol. The van der Waals surface area contributed by atoms with E-state index < -0.39 is 0 Å². The van der Waals surface area contributed by atoms with Crippen LogP contribution in [0.4, 0.5) is 0 Å². The van der Waals surface area contributed by atoms with Crippen molar-refractivity contribution in [3.8, 4) is 0 Å². The number of rotatable bonds is 5. The highest BCUT2D eigenvalue weighted by Crippen LogP contribution is 2.24. The first-order chi connectivity index (χ1) is 7.79. The molecule has 0 rings (SSSR count). The molecule has 110 valence electrons. The van der Waals surface area contributed by atoms with Crippen LogP contribution < -0.4 is 0 Å². The molecule has 0 aliphatic carbocycles. The molecule has 0 heterocycles. The van der Waals surface area contributed by atoms with Crippen LogP contribution >= 0.6 is 0 Å². The van der Waals surface area contributed by atoms with Crippen molar-refractivity contribution < 1.29 is 0 Å². The van der Waals surface area contributed by atoms with Gasteiger partial charge in [-0.2, -0.15) is 0 Å². The van der Waals surface area contributed by atoms with E-state index in [0.717, 1.165) is 0 Å². The van der Waals surface area contributed by atoms with Crippen LogP contribution in [0, 0.1) is 16.2 Å². The second-order valence-electron chi connectivity index (χ2n) is 9.46. The summed E-state index contributed by atoms with van der Waals surface area (Å²) in [5.41, 5.74) is 1.28. The lowest BCUT2D eigenvalue weighted by Crippen LogP contribution is -2.36. The monoisotopic (exact) mass is 255 g/mol. The SMILES string of the molecule is CC(C)(C)CCN(CCC(C)(C)C)CC(C)(C)C. The maximum atomic E-state index is 2.66. The molecule has 0 aromatic carbocycles. The van der Waals surface area contributed by atoms with Gasteiger partial charge in [0.05, 0.1) is 0 Å². The summed E-state index contributed by atoms with van der Waals surface area (Å²) in [6, 6.07) is 0. The molecule has 0 saturated carbocycles. The second-order valence-corrected chi connectivity index (χ2v) is 9.46. The first-order valence-corrected chi connectivity index (χ1v) is 7.51. The molecule has 0 atom stereocenters. The lowest BCUT2D eigenvalue weighted by atomic mass is 9.89. The van der Waals surface area contributed by atoms with Crippen LogP contribution in [0.5, 0.6) is 0 Å². The molecule has 0 N–H and O–H groups in total. The molecule has 0 aliphatic rings. The number of nitrogens with zero attached hydrogens (tertiary/aromatic N) is 1. The van der Waals surface area contributed by atoms with E-state index in [0.29, 0.717) is 16.2 Å². The maximum absolute atomic E-state index is 2.66. The van der Waals surface area contributed by atoms with Gasteiger partial charge in [-0.25, -0.2) is 0 Å². The van der Waals surface area contributed by atoms with Crippen molar-refractivity contribution in [2.75, 3.05) is 19.6 Å². The highest BCUT2D eigenvalue weighted by molar-refractivity contribution is 4.74. The molecule has 0 saturated heterocycles. The van der Waals surface area contributed by atoms with Crippen molar-refractivity contribution in [3.05, 3.63) is 0 Å². The summed E-state index contributed by atoms with van der Waals surface area (Å²) in [5, 5.41) is 0. The van der Waals surface area contributed by atoms with Crippen molar-refractivity contribution in [2.24, 2.45) is 16.2 Å². The van der Waals surface area contributed by atoms with E-state index in [9.17, 15) is 0 Å². The highest BCUT2D eigenvalue weighted by atomic mass is 15.1. The van der Waals surface area contributed by atoms with Gasteiger partial charge in [0.15, 0.2) is 0 Å². The van der Waals surface area contributed by atoms with Crippen molar-refractivity contribution in [3.63, 3.8) is 0 Å². The first kappa shape index (κ1) is 18.0. The van der Waals surface area contributed by atoms with Gasteiger partial charge in [0, 0.05) is 6.54 Å². The summed E-state index contributed by atoms with van der Waals surface area (Å²) in [5.74, 6) is 0. The zero-order valence-corrected chi connectivity index (χ0v) is 14.5. The van der Waals surface area contributed by atoms with E-state index in [1.54, 1.807) is 0 Å². The third-order valence-electron chi connectivity index (χ3n) is 3.05. The summed E-state index contributed by atoms with van der Waals surface area (Å²) < 4.78 is 0. The van der Waals surface area contributed by atoms with Crippen LogP contribution in [0.2, 0.25) is 0 Å². The Morgan fingerprint density at radius 2 is 0.889 bits per heavy atom. The third-order valence-corrected chi connectivity index (χ3v) is 3.05. The summed E-state index contributed by atoms with van der Waals surface area (Å²) in [7, 11) is 0. The van der Waals surface area contributed by atoms with Crippen molar-refractivity contribution >= 4 is 0 Å². The Bertz CT molecular complexity index is 203. The molecule has 0 amide bonds. The quantitative estimate of drug-likeness (QED) is 0.652. The molecule has 1 heteroatoms. The minimum atomic E-state index is 0.399. The molecule has 0 fully saturated rings. The van der Waals surface area contributed by atoms with Crippen LogP contribution in [0.1, 0.15) is 75.2 Å². The first-order valence-electron chi connectivity index (χ1n) is 7.51. The Morgan fingerprint density at radius 3 is 1.11 bits per heavy atom. The van der Waals surface area contributed by atoms with E-state index in [-0.39, 0.29) is 0 Å². The normalized spacial score (nSPS) is 14.3. The minimum absolute atomic E-state index is 0.399. The van der Waals surface area contributed by atoms with E-state index in [2.05, 4.69) is 67.2 Å². The summed E-state index contributed by atoms with van der Waals surface area (Å²) >= 11 is 0. The Hall–Kier alpha value is -0.0400. The molecule has 0 unspecified atom stereocenters. The zero-order chi connectivity index (χ0) is 14.6. The molecule has 0 radical (unpaired) electrons. The largest absolute Gasteiger partial charge is 0.303 e. The van der Waals surface area contributed by atoms with E-state index in [1.165, 1.54) is 32.5 Å². The molecular formula is C17H37N. The van der Waals surface area contributed by atoms with Gasteiger partial charge >= 0.3 is 0 Å². The topological polar surface area (TPSA) is 3.24 Å². The van der Waals surface area contributed by atoms with E-state index in [4.69, 9.17) is 0 Å². The Balaban J connectivity index is 4.35. The van der Waals surface area contributed by atoms with Crippen molar-refractivity contribution in [1.82, 2.24) is 4.90 Å². The fourth-order valence-corrected chi connectivity index (χ4v) is 1.93. The van der Waals surface area contributed by atoms with Crippen LogP contribution in [0.25, 0.3) is 0 Å². The molecule has 18 heavy (non-hydrogen) atoms. The van der Waals surface area contributed by atoms with Gasteiger partial charge in [0.25, 0.3) is 0 Å². The van der Waals surface area contributed by atoms with Crippen molar-refractivity contribution in [1.29, 1.82) is 0 Å². The molecule has 0 aromatic rings. The standard InChI is InChI=1S/C17H37N/c1-15(2,3)10-12-18(14-17(7,8)9)13-11-16(4,5)6/h10-14H2,1-9H3. The zero-order valence-electron chi connectivity index (χ0n) is 14.5. The fraction of sp³-hybridized carbons (Fsp3) is 1.00. The smallest absolute Gasteiger partial charge is 0.00300 e. The Kier molecular flexibility index (Phi) is 6.40. The van der Waals surface area contributed by atoms with Gasteiger partial charge in [-0.15, -0.1) is 0 Å². The molecule has 0 spiro atoms. The van der Waals surface area contributed by atoms with Crippen molar-refractivity contribution in [2.45, 2.75) is 75.2 Å². The Morgan fingerprint density at radius 1 is 0.556 bits per heavy atom. The van der Waals surface area contributed by atoms with Gasteiger partial charge in [0.1, 0.15) is 0 Å². The lowest BCUT2D eigenvalue weighted by Gasteiger charge is -2.34. The highest BCUT2D eigenvalue weighted by Gasteiger charge is 2.20. The third kappa shape index (κ3) is 12.4. The van der Waals surface area contributed by atoms with Gasteiger partial charge in [-0.05, 0) is 42.2 Å². The second kappa shape index (κ2) is 6.41. The average molecular weight is 255 g/mol. The van der Waals surface area contributed by atoms with Gasteiger partial charge in [-0.1, -0.05) is 62.3 Å². The average Bonchev–Trinajstić information content (AvgIpc) is 2.05. The predicted octanol–water partition coefficient (Wildman–Crippen LogP) is 5.21. The maximum Gasteiger partial charge on any atom is 0.00300 e. The molecule has 0 bridgehead atoms. The minimum Gasteiger partial charge on any atom is -0.303 e. The summed E-state index contributed by atoms with van der Waals surface area (Å²) in [4.78, 5) is 2.66. The Labute approximate surface area is 116 Å². The van der Waals surface area contributed by atoms with Crippen LogP contribution in [0.3, 0.4) is 0 Å². The number of hydrogen-bond donors (Lipinski definition) is 0. The summed E-state index contributed by atoms with van der Waals surface area (Å²) in [6.07, 6.45) is 2.57. The van der Waals surface area contributed by atoms with Gasteiger partial charge < -0.3 is 4.90 Å². The van der Waals surface area contributed by atoms with E-state index in [1.807, 2.05) is 0 Å². The van der Waals surface area contributed by atoms with E-state index >= 15 is 0 Å². The summed E-state index contributed by atoms with van der Waals surface area (Å²) in [6.45, 7) is 24.7. The van der Waals surface area contributed by atoms with Gasteiger partial charge in [0.2, 0.25) is 0 Å². The van der Waals surface area contributed by atoms with Crippen LogP contribution in [-0.2, 0) is 0 Å². The number of hydrogen-bond acceptors (Lipinski definition) is 1. The molecule has 0 aliphatic heterocycles. The fourth-order valence-electron chi connectivity index (χ4n) is 1.93. The van der Waals surface area contributed by atoms with Crippen LogP contribution in [0.15, 0.2) is 0 Å². The molecular weight excluding hydrogens is 218 g/mol. The lowest BCUT2D eigenvalue weighted by molar-refractivity contribution is 0.151.